The van der Waals surface area contributed by atoms with Crippen LogP contribution in [0.1, 0.15) is 19.8 Å². The smallest absolute Gasteiger partial charge is 0.396 e. The number of hydrogen-bond donors (Lipinski definition) is 1. The SMILES string of the molecule is CCOC(=O)C(=O)NCC1CCOCC1. The maximum absolute atomic E-state index is 11.2. The molecule has 0 saturated carbocycles. The van der Waals surface area contributed by atoms with Crippen LogP contribution in [0.15, 0.2) is 0 Å². The van der Waals surface area contributed by atoms with Crippen LogP contribution in [0, 0.1) is 5.92 Å². The van der Waals surface area contributed by atoms with Crippen LogP contribution in [0.5, 0.6) is 0 Å². The van der Waals surface area contributed by atoms with Gasteiger partial charge in [0.2, 0.25) is 0 Å². The molecule has 86 valence electrons. The Labute approximate surface area is 89.1 Å². The van der Waals surface area contributed by atoms with Crippen molar-refractivity contribution in [3.8, 4) is 0 Å². The van der Waals surface area contributed by atoms with E-state index in [9.17, 15) is 9.59 Å². The molecule has 1 fully saturated rings. The number of esters is 1. The molecule has 0 aromatic rings. The van der Waals surface area contributed by atoms with Crippen LogP contribution < -0.4 is 5.32 Å². The van der Waals surface area contributed by atoms with Gasteiger partial charge in [-0.05, 0) is 25.7 Å². The van der Waals surface area contributed by atoms with Crippen LogP contribution in [-0.4, -0.2) is 38.2 Å². The highest BCUT2D eigenvalue weighted by Gasteiger charge is 2.18. The van der Waals surface area contributed by atoms with E-state index in [0.717, 1.165) is 26.1 Å². The van der Waals surface area contributed by atoms with E-state index in [0.29, 0.717) is 12.5 Å². The highest BCUT2D eigenvalue weighted by Crippen LogP contribution is 2.12. The molecule has 1 heterocycles. The summed E-state index contributed by atoms with van der Waals surface area (Å²) in [7, 11) is 0. The highest BCUT2D eigenvalue weighted by molar-refractivity contribution is 6.32. The molecule has 1 rings (SSSR count). The van der Waals surface area contributed by atoms with Crippen LogP contribution >= 0.6 is 0 Å². The fraction of sp³-hybridized carbons (Fsp3) is 0.800. The van der Waals surface area contributed by atoms with Crippen molar-refractivity contribution in [2.75, 3.05) is 26.4 Å². The first-order valence-corrected chi connectivity index (χ1v) is 5.26. The second-order valence-corrected chi connectivity index (χ2v) is 3.49. The fourth-order valence-corrected chi connectivity index (χ4v) is 1.46. The first kappa shape index (κ1) is 12.0. The van der Waals surface area contributed by atoms with Gasteiger partial charge in [0, 0.05) is 19.8 Å². The molecule has 1 N–H and O–H groups in total. The standard InChI is InChI=1S/C10H17NO4/c1-2-15-10(13)9(12)11-7-8-3-5-14-6-4-8/h8H,2-7H2,1H3,(H,11,12). The van der Waals surface area contributed by atoms with Gasteiger partial charge in [-0.2, -0.15) is 0 Å². The van der Waals surface area contributed by atoms with Gasteiger partial charge in [-0.25, -0.2) is 4.79 Å². The second kappa shape index (κ2) is 6.40. The molecular weight excluding hydrogens is 198 g/mol. The van der Waals surface area contributed by atoms with Gasteiger partial charge in [-0.15, -0.1) is 0 Å². The molecule has 0 aliphatic carbocycles. The number of carbonyl (C=O) groups excluding carboxylic acids is 2. The van der Waals surface area contributed by atoms with Gasteiger partial charge in [-0.3, -0.25) is 4.79 Å². The van der Waals surface area contributed by atoms with Gasteiger partial charge in [0.1, 0.15) is 0 Å². The Bertz CT molecular complexity index is 223. The Hall–Kier alpha value is -1.10. The van der Waals surface area contributed by atoms with Crippen molar-refractivity contribution in [2.24, 2.45) is 5.92 Å². The number of carbonyl (C=O) groups is 2. The molecule has 15 heavy (non-hydrogen) atoms. The van der Waals surface area contributed by atoms with Crippen LogP contribution in [0.2, 0.25) is 0 Å². The largest absolute Gasteiger partial charge is 0.459 e. The van der Waals surface area contributed by atoms with Gasteiger partial charge in [0.15, 0.2) is 0 Å². The summed E-state index contributed by atoms with van der Waals surface area (Å²) in [5.74, 6) is -1.04. The Morgan fingerprint density at radius 2 is 2.07 bits per heavy atom. The van der Waals surface area contributed by atoms with Gasteiger partial charge < -0.3 is 14.8 Å². The van der Waals surface area contributed by atoms with Crippen LogP contribution in [0.4, 0.5) is 0 Å². The predicted octanol–water partition coefficient (Wildman–Crippen LogP) is 0.0923. The van der Waals surface area contributed by atoms with Gasteiger partial charge in [-0.1, -0.05) is 0 Å². The average molecular weight is 215 g/mol. The molecule has 1 aliphatic rings. The quantitative estimate of drug-likeness (QED) is 0.535. The maximum Gasteiger partial charge on any atom is 0.396 e. The van der Waals surface area contributed by atoms with Crippen molar-refractivity contribution >= 4 is 11.9 Å². The Morgan fingerprint density at radius 1 is 1.40 bits per heavy atom. The molecule has 0 unspecified atom stereocenters. The first-order valence-electron chi connectivity index (χ1n) is 5.26. The third-order valence-corrected chi connectivity index (χ3v) is 2.35. The third kappa shape index (κ3) is 4.29. The van der Waals surface area contributed by atoms with E-state index in [1.165, 1.54) is 0 Å². The van der Waals surface area contributed by atoms with E-state index < -0.39 is 11.9 Å². The van der Waals surface area contributed by atoms with Crippen molar-refractivity contribution in [1.29, 1.82) is 0 Å². The lowest BCUT2D eigenvalue weighted by molar-refractivity contribution is -0.154. The van der Waals surface area contributed by atoms with Crippen molar-refractivity contribution in [2.45, 2.75) is 19.8 Å². The van der Waals surface area contributed by atoms with Crippen LogP contribution in [0.25, 0.3) is 0 Å². The normalized spacial score (nSPS) is 17.1. The molecule has 1 aliphatic heterocycles. The maximum atomic E-state index is 11.2. The van der Waals surface area contributed by atoms with E-state index in [-0.39, 0.29) is 6.61 Å². The lowest BCUT2D eigenvalue weighted by Crippen LogP contribution is -2.37. The van der Waals surface area contributed by atoms with Crippen molar-refractivity contribution in [3.63, 3.8) is 0 Å². The van der Waals surface area contributed by atoms with Gasteiger partial charge in [0.25, 0.3) is 0 Å². The molecule has 1 saturated heterocycles. The summed E-state index contributed by atoms with van der Waals surface area (Å²) >= 11 is 0. The molecule has 0 aromatic carbocycles. The summed E-state index contributed by atoms with van der Waals surface area (Å²) < 4.78 is 9.76. The van der Waals surface area contributed by atoms with E-state index in [1.54, 1.807) is 6.92 Å². The van der Waals surface area contributed by atoms with E-state index >= 15 is 0 Å². The van der Waals surface area contributed by atoms with Crippen LogP contribution in [0.3, 0.4) is 0 Å². The predicted molar refractivity (Wildman–Crippen MR) is 53.2 cm³/mol. The summed E-state index contributed by atoms with van der Waals surface area (Å²) in [6.45, 7) is 3.90. The summed E-state index contributed by atoms with van der Waals surface area (Å²) in [5, 5.41) is 2.57. The van der Waals surface area contributed by atoms with E-state index in [4.69, 9.17) is 4.74 Å². The van der Waals surface area contributed by atoms with Crippen molar-refractivity contribution in [1.82, 2.24) is 5.32 Å². The second-order valence-electron chi connectivity index (χ2n) is 3.49. The van der Waals surface area contributed by atoms with E-state index in [2.05, 4.69) is 10.1 Å². The molecule has 0 spiro atoms. The highest BCUT2D eigenvalue weighted by atomic mass is 16.5. The fourth-order valence-electron chi connectivity index (χ4n) is 1.46. The molecule has 0 aromatic heterocycles. The minimum Gasteiger partial charge on any atom is -0.459 e. The minimum atomic E-state index is -0.801. The summed E-state index contributed by atoms with van der Waals surface area (Å²) in [5.41, 5.74) is 0. The Kier molecular flexibility index (Phi) is 5.10. The van der Waals surface area contributed by atoms with E-state index in [1.807, 2.05) is 0 Å². The number of nitrogens with one attached hydrogen (secondary N) is 1. The molecular formula is C10H17NO4. The Balaban J connectivity index is 2.17. The van der Waals surface area contributed by atoms with Crippen LogP contribution in [-0.2, 0) is 19.1 Å². The lowest BCUT2D eigenvalue weighted by atomic mass is 10.0. The molecule has 5 heteroatoms. The lowest BCUT2D eigenvalue weighted by Gasteiger charge is -2.21. The molecule has 5 nitrogen and oxygen atoms in total. The summed E-state index contributed by atoms with van der Waals surface area (Å²) in [6, 6.07) is 0. The zero-order chi connectivity index (χ0) is 11.1. The zero-order valence-electron chi connectivity index (χ0n) is 8.95. The van der Waals surface area contributed by atoms with Gasteiger partial charge in [0.05, 0.1) is 6.61 Å². The Morgan fingerprint density at radius 3 is 2.67 bits per heavy atom. The monoisotopic (exact) mass is 215 g/mol. The minimum absolute atomic E-state index is 0.226. The van der Waals surface area contributed by atoms with Crippen molar-refractivity contribution in [3.05, 3.63) is 0 Å². The van der Waals surface area contributed by atoms with Gasteiger partial charge >= 0.3 is 11.9 Å². The number of amides is 1. The zero-order valence-corrected chi connectivity index (χ0v) is 8.95. The topological polar surface area (TPSA) is 64.6 Å². The summed E-state index contributed by atoms with van der Waals surface area (Å²) in [6.07, 6.45) is 1.87. The molecule has 1 amide bonds. The van der Waals surface area contributed by atoms with Crippen molar-refractivity contribution < 1.29 is 19.1 Å². The molecule has 0 atom stereocenters. The number of hydrogen-bond acceptors (Lipinski definition) is 4. The first-order chi connectivity index (χ1) is 7.24. The molecule has 0 bridgehead atoms. The number of ether oxygens (including phenoxy) is 2. The summed E-state index contributed by atoms with van der Waals surface area (Å²) in [4.78, 5) is 22.1. The average Bonchev–Trinajstić information content (AvgIpc) is 2.27. The number of rotatable bonds is 3. The molecule has 0 radical (unpaired) electrons. The third-order valence-electron chi connectivity index (χ3n) is 2.35.